The number of nitrogens with one attached hydrogen (secondary N) is 1. The van der Waals surface area contributed by atoms with Crippen LogP contribution in [0.2, 0.25) is 0 Å². The van der Waals surface area contributed by atoms with Gasteiger partial charge in [0.2, 0.25) is 5.91 Å². The summed E-state index contributed by atoms with van der Waals surface area (Å²) in [7, 11) is 2.01. The molecule has 0 radical (unpaired) electrons. The molecule has 2 bridgehead atoms. The zero-order chi connectivity index (χ0) is 20.2. The van der Waals surface area contributed by atoms with Crippen LogP contribution >= 0.6 is 0 Å². The molecule has 2 aromatic rings. The lowest BCUT2D eigenvalue weighted by molar-refractivity contribution is -0.123. The van der Waals surface area contributed by atoms with Crippen LogP contribution in [-0.4, -0.2) is 42.1 Å². The van der Waals surface area contributed by atoms with Crippen LogP contribution < -0.4 is 5.32 Å². The first kappa shape index (κ1) is 20.1. The topological polar surface area (TPSA) is 58.4 Å². The summed E-state index contributed by atoms with van der Waals surface area (Å²) in [6.07, 6.45) is 7.23. The summed E-state index contributed by atoms with van der Waals surface area (Å²) in [6.45, 7) is 3.51. The fraction of sp³-hybridized carbons (Fsp3) is 0.583. The highest BCUT2D eigenvalue weighted by Crippen LogP contribution is 2.49. The first-order valence-electron chi connectivity index (χ1n) is 11.1. The molecule has 2 aliphatic carbocycles. The number of amides is 1. The predicted octanol–water partition coefficient (Wildman–Crippen LogP) is 4.15. The van der Waals surface area contributed by atoms with Crippen molar-refractivity contribution in [3.8, 4) is 11.3 Å². The third-order valence-corrected chi connectivity index (χ3v) is 6.83. The van der Waals surface area contributed by atoms with Crippen molar-refractivity contribution in [1.29, 1.82) is 0 Å². The summed E-state index contributed by atoms with van der Waals surface area (Å²) >= 11 is 0. The Morgan fingerprint density at radius 1 is 1.28 bits per heavy atom. The van der Waals surface area contributed by atoms with E-state index in [4.69, 9.17) is 4.52 Å². The molecule has 1 aromatic heterocycles. The van der Waals surface area contributed by atoms with E-state index in [0.717, 1.165) is 48.2 Å². The first-order chi connectivity index (χ1) is 14.1. The fourth-order valence-electron chi connectivity index (χ4n) is 5.34. The maximum Gasteiger partial charge on any atom is 0.234 e. The van der Waals surface area contributed by atoms with Crippen molar-refractivity contribution in [3.63, 3.8) is 0 Å². The molecule has 5 heteroatoms. The Morgan fingerprint density at radius 3 is 2.83 bits per heavy atom. The van der Waals surface area contributed by atoms with E-state index in [2.05, 4.69) is 22.3 Å². The average molecular weight is 396 g/mol. The monoisotopic (exact) mass is 395 g/mol. The van der Waals surface area contributed by atoms with Crippen molar-refractivity contribution < 1.29 is 9.32 Å². The Labute approximate surface area is 173 Å². The van der Waals surface area contributed by atoms with E-state index in [1.54, 1.807) is 0 Å². The summed E-state index contributed by atoms with van der Waals surface area (Å²) in [5.41, 5.74) is 1.95. The van der Waals surface area contributed by atoms with Crippen LogP contribution in [-0.2, 0) is 11.2 Å². The number of aromatic nitrogens is 1. The standard InChI is InChI=1S/C24H33N3O2/c1-17(22-14-18-10-11-20(22)13-18)25-24(28)16-27(2)12-6-9-21-15-23(26-29-21)19-7-4-3-5-8-19/h3-5,7-8,15,17-18,20,22H,6,9-14,16H2,1-2H3,(H,25,28). The van der Waals surface area contributed by atoms with Gasteiger partial charge in [-0.1, -0.05) is 41.9 Å². The molecule has 0 aliphatic heterocycles. The molecule has 29 heavy (non-hydrogen) atoms. The Bertz CT molecular complexity index is 803. The normalized spacial score (nSPS) is 24.2. The number of carbonyl (C=O) groups excluding carboxylic acids is 1. The maximum absolute atomic E-state index is 12.4. The average Bonchev–Trinajstić information content (AvgIpc) is 3.45. The lowest BCUT2D eigenvalue weighted by Crippen LogP contribution is -2.44. The van der Waals surface area contributed by atoms with E-state index in [-0.39, 0.29) is 5.91 Å². The Morgan fingerprint density at radius 2 is 2.10 bits per heavy atom. The predicted molar refractivity (Wildman–Crippen MR) is 114 cm³/mol. The van der Waals surface area contributed by atoms with Crippen molar-refractivity contribution >= 4 is 5.91 Å². The van der Waals surface area contributed by atoms with E-state index in [9.17, 15) is 4.79 Å². The third kappa shape index (κ3) is 5.08. The van der Waals surface area contributed by atoms with E-state index in [1.807, 2.05) is 43.4 Å². The molecule has 2 fully saturated rings. The Hall–Kier alpha value is -2.14. The molecule has 5 nitrogen and oxygen atoms in total. The second-order valence-corrected chi connectivity index (χ2v) is 9.08. The summed E-state index contributed by atoms with van der Waals surface area (Å²) in [5.74, 6) is 3.50. The van der Waals surface area contributed by atoms with Gasteiger partial charge in [0.15, 0.2) is 0 Å². The molecular weight excluding hydrogens is 362 g/mol. The summed E-state index contributed by atoms with van der Waals surface area (Å²) < 4.78 is 5.47. The lowest BCUT2D eigenvalue weighted by atomic mass is 9.84. The quantitative estimate of drug-likeness (QED) is 0.693. The number of fused-ring (bicyclic) bond motifs is 2. The van der Waals surface area contributed by atoms with Crippen molar-refractivity contribution in [2.75, 3.05) is 20.1 Å². The number of nitrogens with zero attached hydrogens (tertiary/aromatic N) is 2. The highest BCUT2D eigenvalue weighted by atomic mass is 16.5. The van der Waals surface area contributed by atoms with Gasteiger partial charge < -0.3 is 9.84 Å². The van der Waals surface area contributed by atoms with E-state index >= 15 is 0 Å². The van der Waals surface area contributed by atoms with Gasteiger partial charge in [-0.3, -0.25) is 9.69 Å². The van der Waals surface area contributed by atoms with Gasteiger partial charge in [0.25, 0.3) is 0 Å². The van der Waals surface area contributed by atoms with Crippen LogP contribution in [0.1, 0.15) is 44.8 Å². The van der Waals surface area contributed by atoms with Crippen LogP contribution in [0.4, 0.5) is 0 Å². The van der Waals surface area contributed by atoms with Crippen LogP contribution in [0, 0.1) is 17.8 Å². The number of hydrogen-bond acceptors (Lipinski definition) is 4. The van der Waals surface area contributed by atoms with Gasteiger partial charge in [0.1, 0.15) is 11.5 Å². The Balaban J connectivity index is 1.16. The largest absolute Gasteiger partial charge is 0.361 e. The highest BCUT2D eigenvalue weighted by molar-refractivity contribution is 5.78. The van der Waals surface area contributed by atoms with E-state index < -0.39 is 0 Å². The van der Waals surface area contributed by atoms with Gasteiger partial charge in [-0.2, -0.15) is 0 Å². The second kappa shape index (κ2) is 9.12. The molecule has 2 aliphatic rings. The van der Waals surface area contributed by atoms with Crippen LogP contribution in [0.15, 0.2) is 40.9 Å². The minimum atomic E-state index is 0.147. The van der Waals surface area contributed by atoms with Crippen molar-refractivity contribution in [1.82, 2.24) is 15.4 Å². The fourth-order valence-corrected chi connectivity index (χ4v) is 5.34. The Kier molecular flexibility index (Phi) is 6.34. The summed E-state index contributed by atoms with van der Waals surface area (Å²) in [4.78, 5) is 14.5. The molecule has 1 heterocycles. The molecule has 1 aromatic carbocycles. The van der Waals surface area contributed by atoms with Crippen molar-refractivity contribution in [2.24, 2.45) is 17.8 Å². The molecule has 156 valence electrons. The minimum Gasteiger partial charge on any atom is -0.361 e. The molecule has 4 rings (SSSR count). The zero-order valence-corrected chi connectivity index (χ0v) is 17.6. The number of carbonyl (C=O) groups is 1. The number of benzene rings is 1. The minimum absolute atomic E-state index is 0.147. The molecule has 1 amide bonds. The van der Waals surface area contributed by atoms with Crippen molar-refractivity contribution in [2.45, 2.75) is 51.5 Å². The molecule has 0 saturated heterocycles. The smallest absolute Gasteiger partial charge is 0.234 e. The summed E-state index contributed by atoms with van der Waals surface area (Å²) in [6, 6.07) is 12.4. The molecule has 4 unspecified atom stereocenters. The molecule has 4 atom stereocenters. The number of aryl methyl sites for hydroxylation is 1. The molecule has 2 saturated carbocycles. The van der Waals surface area contributed by atoms with Gasteiger partial charge in [-0.05, 0) is 64.0 Å². The zero-order valence-electron chi connectivity index (χ0n) is 17.6. The SMILES string of the molecule is CC(NC(=O)CN(C)CCCc1cc(-c2ccccc2)no1)C1CC2CCC1C2. The molecule has 0 spiro atoms. The number of likely N-dealkylation sites (N-methyl/N-ethyl adjacent to an activating group) is 1. The van der Waals surface area contributed by atoms with Crippen LogP contribution in [0.5, 0.6) is 0 Å². The maximum atomic E-state index is 12.4. The van der Waals surface area contributed by atoms with Gasteiger partial charge in [-0.15, -0.1) is 0 Å². The van der Waals surface area contributed by atoms with E-state index in [0.29, 0.717) is 18.5 Å². The lowest BCUT2D eigenvalue weighted by Gasteiger charge is -2.29. The van der Waals surface area contributed by atoms with Crippen LogP contribution in [0.25, 0.3) is 11.3 Å². The van der Waals surface area contributed by atoms with Crippen molar-refractivity contribution in [3.05, 3.63) is 42.2 Å². The number of hydrogen-bond donors (Lipinski definition) is 1. The van der Waals surface area contributed by atoms with Gasteiger partial charge in [0.05, 0.1) is 6.54 Å². The molecular formula is C24H33N3O2. The van der Waals surface area contributed by atoms with Gasteiger partial charge in [-0.25, -0.2) is 0 Å². The highest BCUT2D eigenvalue weighted by Gasteiger charge is 2.42. The first-order valence-corrected chi connectivity index (χ1v) is 11.1. The second-order valence-electron chi connectivity index (χ2n) is 9.08. The summed E-state index contributed by atoms with van der Waals surface area (Å²) in [5, 5.41) is 7.42. The van der Waals surface area contributed by atoms with E-state index in [1.165, 1.54) is 25.7 Å². The number of rotatable bonds is 9. The van der Waals surface area contributed by atoms with Gasteiger partial charge in [0, 0.05) is 24.1 Å². The third-order valence-electron chi connectivity index (χ3n) is 6.83. The van der Waals surface area contributed by atoms with Gasteiger partial charge >= 0.3 is 0 Å². The molecule has 1 N–H and O–H groups in total. The van der Waals surface area contributed by atoms with Crippen LogP contribution in [0.3, 0.4) is 0 Å².